The van der Waals surface area contributed by atoms with E-state index >= 15 is 0 Å². The van der Waals surface area contributed by atoms with Gasteiger partial charge < -0.3 is 0 Å². The molecule has 1 amide bonds. The van der Waals surface area contributed by atoms with Crippen molar-refractivity contribution >= 4 is 22.6 Å². The summed E-state index contributed by atoms with van der Waals surface area (Å²) in [6.45, 7) is 1.78. The van der Waals surface area contributed by atoms with Crippen LogP contribution in [0.15, 0.2) is 12.3 Å². The van der Waals surface area contributed by atoms with Crippen LogP contribution in [0, 0.1) is 6.92 Å². The Hall–Kier alpha value is -1.89. The SMILES string of the molecule is Cc1nsc(NC(=O)c2ccnc(C3CC3)n2)n1. The van der Waals surface area contributed by atoms with E-state index in [0.29, 0.717) is 22.6 Å². The molecule has 0 unspecified atom stereocenters. The molecule has 2 aromatic heterocycles. The molecular weight excluding hydrogens is 250 g/mol. The van der Waals surface area contributed by atoms with Crippen molar-refractivity contribution in [2.45, 2.75) is 25.7 Å². The summed E-state index contributed by atoms with van der Waals surface area (Å²) in [6, 6.07) is 1.61. The number of hydrogen-bond acceptors (Lipinski definition) is 6. The number of rotatable bonds is 3. The molecule has 0 bridgehead atoms. The number of nitrogens with one attached hydrogen (secondary N) is 1. The van der Waals surface area contributed by atoms with E-state index in [-0.39, 0.29) is 5.91 Å². The van der Waals surface area contributed by atoms with E-state index in [0.717, 1.165) is 30.2 Å². The third kappa shape index (κ3) is 2.35. The maximum Gasteiger partial charge on any atom is 0.276 e. The Morgan fingerprint density at radius 2 is 2.28 bits per heavy atom. The van der Waals surface area contributed by atoms with Crippen LogP contribution in [-0.4, -0.2) is 25.2 Å². The van der Waals surface area contributed by atoms with Crippen molar-refractivity contribution in [3.8, 4) is 0 Å². The largest absolute Gasteiger partial charge is 0.295 e. The first-order valence-electron chi connectivity index (χ1n) is 5.67. The topological polar surface area (TPSA) is 80.7 Å². The summed E-state index contributed by atoms with van der Waals surface area (Å²) in [6.07, 6.45) is 3.85. The van der Waals surface area contributed by atoms with E-state index in [1.165, 1.54) is 0 Å². The predicted octanol–water partition coefficient (Wildman–Crippen LogP) is 1.77. The average Bonchev–Trinajstić information content (AvgIpc) is 3.14. The van der Waals surface area contributed by atoms with Gasteiger partial charge in [0.1, 0.15) is 17.3 Å². The summed E-state index contributed by atoms with van der Waals surface area (Å²) in [5.74, 6) is 1.57. The van der Waals surface area contributed by atoms with Crippen molar-refractivity contribution in [3.63, 3.8) is 0 Å². The Kier molecular flexibility index (Phi) is 2.75. The lowest BCUT2D eigenvalue weighted by molar-refractivity contribution is 0.102. The Labute approximate surface area is 108 Å². The minimum Gasteiger partial charge on any atom is -0.295 e. The van der Waals surface area contributed by atoms with E-state index in [1.54, 1.807) is 19.2 Å². The van der Waals surface area contributed by atoms with Gasteiger partial charge in [-0.2, -0.15) is 4.37 Å². The number of nitrogens with zero attached hydrogens (tertiary/aromatic N) is 4. The van der Waals surface area contributed by atoms with Crippen molar-refractivity contribution in [2.24, 2.45) is 0 Å². The molecule has 0 atom stereocenters. The van der Waals surface area contributed by atoms with Gasteiger partial charge >= 0.3 is 0 Å². The molecule has 1 aliphatic carbocycles. The van der Waals surface area contributed by atoms with E-state index < -0.39 is 0 Å². The van der Waals surface area contributed by atoms with Crippen molar-refractivity contribution < 1.29 is 4.79 Å². The second kappa shape index (κ2) is 4.41. The van der Waals surface area contributed by atoms with Crippen LogP contribution < -0.4 is 5.32 Å². The van der Waals surface area contributed by atoms with Gasteiger partial charge in [0.15, 0.2) is 0 Å². The molecule has 18 heavy (non-hydrogen) atoms. The van der Waals surface area contributed by atoms with E-state index in [1.807, 2.05) is 0 Å². The van der Waals surface area contributed by atoms with Crippen LogP contribution in [0.3, 0.4) is 0 Å². The Morgan fingerprint density at radius 3 is 2.94 bits per heavy atom. The molecule has 92 valence electrons. The molecule has 0 aliphatic heterocycles. The van der Waals surface area contributed by atoms with Crippen LogP contribution in [0.1, 0.15) is 40.9 Å². The molecule has 6 nitrogen and oxygen atoms in total. The predicted molar refractivity (Wildman–Crippen MR) is 66.6 cm³/mol. The first-order chi connectivity index (χ1) is 8.72. The molecule has 0 saturated heterocycles. The molecule has 1 saturated carbocycles. The molecule has 1 aliphatic rings. The first kappa shape index (κ1) is 11.2. The fourth-order valence-electron chi connectivity index (χ4n) is 1.55. The van der Waals surface area contributed by atoms with Crippen LogP contribution in [-0.2, 0) is 0 Å². The summed E-state index contributed by atoms with van der Waals surface area (Å²) >= 11 is 1.16. The maximum absolute atomic E-state index is 12.0. The van der Waals surface area contributed by atoms with E-state index in [2.05, 4.69) is 24.6 Å². The van der Waals surface area contributed by atoms with Crippen molar-refractivity contribution in [2.75, 3.05) is 5.32 Å². The van der Waals surface area contributed by atoms with E-state index in [9.17, 15) is 4.79 Å². The molecule has 0 radical (unpaired) electrons. The van der Waals surface area contributed by atoms with Crippen LogP contribution >= 0.6 is 11.5 Å². The highest BCUT2D eigenvalue weighted by molar-refractivity contribution is 7.09. The molecule has 0 spiro atoms. The minimum absolute atomic E-state index is 0.268. The molecular formula is C11H11N5OS. The van der Waals surface area contributed by atoms with Gasteiger partial charge in [0.25, 0.3) is 5.91 Å². The third-order valence-corrected chi connectivity index (χ3v) is 3.32. The van der Waals surface area contributed by atoms with Crippen molar-refractivity contribution in [1.29, 1.82) is 0 Å². The van der Waals surface area contributed by atoms with Gasteiger partial charge in [-0.3, -0.25) is 10.1 Å². The molecule has 1 fully saturated rings. The van der Waals surface area contributed by atoms with E-state index in [4.69, 9.17) is 0 Å². The van der Waals surface area contributed by atoms with Crippen molar-refractivity contribution in [1.82, 2.24) is 19.3 Å². The zero-order valence-corrected chi connectivity index (χ0v) is 10.6. The summed E-state index contributed by atoms with van der Waals surface area (Å²) < 4.78 is 4.00. The first-order valence-corrected chi connectivity index (χ1v) is 6.44. The summed E-state index contributed by atoms with van der Waals surface area (Å²) in [7, 11) is 0. The highest BCUT2D eigenvalue weighted by atomic mass is 32.1. The summed E-state index contributed by atoms with van der Waals surface area (Å²) in [5, 5.41) is 3.17. The van der Waals surface area contributed by atoms with Gasteiger partial charge in [-0.25, -0.2) is 15.0 Å². The van der Waals surface area contributed by atoms with Gasteiger partial charge in [-0.1, -0.05) is 0 Å². The lowest BCUT2D eigenvalue weighted by Crippen LogP contribution is -2.14. The summed E-state index contributed by atoms with van der Waals surface area (Å²) in [4.78, 5) is 24.5. The van der Waals surface area contributed by atoms with Gasteiger partial charge in [0.05, 0.1) is 0 Å². The second-order valence-corrected chi connectivity index (χ2v) is 4.93. The van der Waals surface area contributed by atoms with Gasteiger partial charge in [-0.15, -0.1) is 0 Å². The Morgan fingerprint density at radius 1 is 1.44 bits per heavy atom. The highest BCUT2D eigenvalue weighted by Crippen LogP contribution is 2.37. The number of aromatic nitrogens is 4. The van der Waals surface area contributed by atoms with Crippen LogP contribution in [0.25, 0.3) is 0 Å². The number of aryl methyl sites for hydroxylation is 1. The monoisotopic (exact) mass is 261 g/mol. The number of anilines is 1. The number of carbonyl (C=O) groups is 1. The lowest BCUT2D eigenvalue weighted by atomic mass is 10.3. The van der Waals surface area contributed by atoms with Gasteiger partial charge in [-0.05, 0) is 25.8 Å². The molecule has 3 rings (SSSR count). The maximum atomic E-state index is 12.0. The number of hydrogen-bond donors (Lipinski definition) is 1. The second-order valence-electron chi connectivity index (χ2n) is 4.18. The molecule has 7 heteroatoms. The average molecular weight is 261 g/mol. The lowest BCUT2D eigenvalue weighted by Gasteiger charge is -2.02. The highest BCUT2D eigenvalue weighted by Gasteiger charge is 2.27. The third-order valence-electron chi connectivity index (χ3n) is 2.60. The fourth-order valence-corrected chi connectivity index (χ4v) is 2.12. The molecule has 1 N–H and O–H groups in total. The smallest absolute Gasteiger partial charge is 0.276 e. The number of amides is 1. The molecule has 2 aromatic rings. The van der Waals surface area contributed by atoms with Crippen LogP contribution in [0.5, 0.6) is 0 Å². The quantitative estimate of drug-likeness (QED) is 0.910. The molecule has 2 heterocycles. The fraction of sp³-hybridized carbons (Fsp3) is 0.364. The van der Waals surface area contributed by atoms with Crippen LogP contribution in [0.4, 0.5) is 5.13 Å². The van der Waals surface area contributed by atoms with Crippen molar-refractivity contribution in [3.05, 3.63) is 29.6 Å². The zero-order chi connectivity index (χ0) is 12.5. The Bertz CT molecular complexity index is 593. The summed E-state index contributed by atoms with van der Waals surface area (Å²) in [5.41, 5.74) is 0.375. The minimum atomic E-state index is -0.268. The zero-order valence-electron chi connectivity index (χ0n) is 9.75. The normalized spacial score (nSPS) is 14.5. The van der Waals surface area contributed by atoms with Gasteiger partial charge in [0, 0.05) is 23.6 Å². The van der Waals surface area contributed by atoms with Gasteiger partial charge in [0.2, 0.25) is 5.13 Å². The molecule has 0 aromatic carbocycles. The number of carbonyl (C=O) groups excluding carboxylic acids is 1. The van der Waals surface area contributed by atoms with Crippen LogP contribution in [0.2, 0.25) is 0 Å². The Balaban J connectivity index is 1.77. The standard InChI is InChI=1S/C11H11N5OS/c1-6-13-11(18-16-6)15-10(17)8-4-5-12-9(14-8)7-2-3-7/h4-5,7H,2-3H2,1H3,(H,13,15,16,17).